The molecular weight excluding hydrogens is 382 g/mol. The summed E-state index contributed by atoms with van der Waals surface area (Å²) in [6.45, 7) is 4.15. The second-order valence-electron chi connectivity index (χ2n) is 7.26. The molecule has 2 aliphatic rings. The molecule has 4 rings (SSSR count). The molecule has 1 saturated heterocycles. The quantitative estimate of drug-likeness (QED) is 0.723. The first-order chi connectivity index (χ1) is 13.3. The second kappa shape index (κ2) is 6.89. The molecular formula is C19H23N3O5S. The second-order valence-corrected chi connectivity index (χ2v) is 9.13. The van der Waals surface area contributed by atoms with E-state index in [4.69, 9.17) is 9.47 Å². The molecule has 8 nitrogen and oxygen atoms in total. The number of Topliss-reactive ketones (excluding diaryl/α,β-unsaturated/α-hetero) is 1. The fourth-order valence-corrected chi connectivity index (χ4v) is 5.84. The Hall–Kier alpha value is -2.39. The number of nitrogens with zero attached hydrogens (tertiary/aromatic N) is 3. The molecule has 0 aliphatic carbocycles. The zero-order chi connectivity index (χ0) is 20.1. The van der Waals surface area contributed by atoms with Crippen molar-refractivity contribution < 1.29 is 22.7 Å². The minimum absolute atomic E-state index is 0.0715. The van der Waals surface area contributed by atoms with Crippen LogP contribution in [0.2, 0.25) is 0 Å². The lowest BCUT2D eigenvalue weighted by Gasteiger charge is -2.31. The number of benzene rings is 1. The van der Waals surface area contributed by atoms with Crippen molar-refractivity contribution in [3.05, 3.63) is 35.2 Å². The van der Waals surface area contributed by atoms with Crippen LogP contribution in [-0.2, 0) is 17.1 Å². The topological polar surface area (TPSA) is 90.7 Å². The van der Waals surface area contributed by atoms with Gasteiger partial charge in [-0.25, -0.2) is 8.42 Å². The van der Waals surface area contributed by atoms with E-state index in [0.717, 1.165) is 0 Å². The minimum atomic E-state index is -3.71. The molecule has 0 saturated carbocycles. The van der Waals surface area contributed by atoms with E-state index in [9.17, 15) is 13.2 Å². The van der Waals surface area contributed by atoms with Crippen LogP contribution in [0.1, 0.15) is 34.6 Å². The van der Waals surface area contributed by atoms with E-state index in [2.05, 4.69) is 5.10 Å². The summed E-state index contributed by atoms with van der Waals surface area (Å²) in [4.78, 5) is 13.3. The van der Waals surface area contributed by atoms with Gasteiger partial charge in [0.25, 0.3) is 0 Å². The Labute approximate surface area is 164 Å². The van der Waals surface area contributed by atoms with E-state index in [1.165, 1.54) is 4.31 Å². The molecule has 1 fully saturated rings. The summed E-state index contributed by atoms with van der Waals surface area (Å²) in [6.07, 6.45) is 1.29. The standard InChI is InChI=1S/C19H23N3O5S/c1-12-19(13(2)21(3)20-12)28(24,25)22-8-4-5-15(10-22)18(23)14-6-7-16-17(9-14)27-11-26-16/h6-7,9,15H,4-5,8,10-11H2,1-3H3. The summed E-state index contributed by atoms with van der Waals surface area (Å²) in [6, 6.07) is 5.10. The highest BCUT2D eigenvalue weighted by atomic mass is 32.2. The third-order valence-electron chi connectivity index (χ3n) is 5.45. The van der Waals surface area contributed by atoms with Gasteiger partial charge in [-0.15, -0.1) is 0 Å². The van der Waals surface area contributed by atoms with Crippen molar-refractivity contribution in [2.75, 3.05) is 19.9 Å². The first-order valence-corrected chi connectivity index (χ1v) is 10.7. The van der Waals surface area contributed by atoms with Gasteiger partial charge in [0.05, 0.1) is 11.4 Å². The van der Waals surface area contributed by atoms with Gasteiger partial charge in [-0.3, -0.25) is 9.48 Å². The Balaban J connectivity index is 1.58. The predicted octanol–water partition coefficient (Wildman–Crippen LogP) is 2.05. The number of hydrogen-bond acceptors (Lipinski definition) is 6. The maximum Gasteiger partial charge on any atom is 0.246 e. The molecule has 2 aliphatic heterocycles. The van der Waals surface area contributed by atoms with E-state index in [0.29, 0.717) is 47.8 Å². The van der Waals surface area contributed by atoms with Gasteiger partial charge >= 0.3 is 0 Å². The maximum atomic E-state index is 13.2. The van der Waals surface area contributed by atoms with E-state index >= 15 is 0 Å². The molecule has 0 radical (unpaired) electrons. The monoisotopic (exact) mass is 405 g/mol. The molecule has 3 heterocycles. The molecule has 1 aromatic heterocycles. The van der Waals surface area contributed by atoms with Crippen LogP contribution in [0.15, 0.2) is 23.1 Å². The van der Waals surface area contributed by atoms with Gasteiger partial charge in [0.2, 0.25) is 16.8 Å². The molecule has 0 spiro atoms. The van der Waals surface area contributed by atoms with Crippen LogP contribution in [-0.4, -0.2) is 48.2 Å². The SMILES string of the molecule is Cc1nn(C)c(C)c1S(=O)(=O)N1CCCC(C(=O)c2ccc3c(c2)OCO3)C1. The van der Waals surface area contributed by atoms with Gasteiger partial charge in [0.15, 0.2) is 17.3 Å². The zero-order valence-electron chi connectivity index (χ0n) is 16.1. The fraction of sp³-hybridized carbons (Fsp3) is 0.474. The van der Waals surface area contributed by atoms with Crippen LogP contribution in [0.25, 0.3) is 0 Å². The summed E-state index contributed by atoms with van der Waals surface area (Å²) in [7, 11) is -1.98. The van der Waals surface area contributed by atoms with E-state index < -0.39 is 10.0 Å². The average molecular weight is 405 g/mol. The first-order valence-electron chi connectivity index (χ1n) is 9.23. The lowest BCUT2D eigenvalue weighted by atomic mass is 9.91. The zero-order valence-corrected chi connectivity index (χ0v) is 17.0. The third kappa shape index (κ3) is 3.08. The summed E-state index contributed by atoms with van der Waals surface area (Å²) < 4.78 is 40.1. The number of ether oxygens (including phenoxy) is 2. The normalized spacial score (nSPS) is 19.8. The number of piperidine rings is 1. The number of aromatic nitrogens is 2. The fourth-order valence-electron chi connectivity index (χ4n) is 3.92. The number of aryl methyl sites for hydroxylation is 2. The molecule has 1 aromatic carbocycles. The number of fused-ring (bicyclic) bond motifs is 1. The summed E-state index contributed by atoms with van der Waals surface area (Å²) in [5, 5.41) is 4.22. The number of rotatable bonds is 4. The maximum absolute atomic E-state index is 13.2. The van der Waals surface area contributed by atoms with Gasteiger partial charge < -0.3 is 9.47 Å². The average Bonchev–Trinajstić information content (AvgIpc) is 3.24. The Morgan fingerprint density at radius 3 is 2.68 bits per heavy atom. The lowest BCUT2D eigenvalue weighted by molar-refractivity contribution is 0.0872. The number of carbonyl (C=O) groups is 1. The molecule has 150 valence electrons. The number of hydrogen-bond donors (Lipinski definition) is 0. The summed E-state index contributed by atoms with van der Waals surface area (Å²) in [5.74, 6) is 0.707. The van der Waals surface area contributed by atoms with Crippen molar-refractivity contribution in [3.63, 3.8) is 0 Å². The molecule has 1 atom stereocenters. The van der Waals surface area contributed by atoms with E-state index in [-0.39, 0.29) is 29.9 Å². The molecule has 2 aromatic rings. The number of sulfonamides is 1. The van der Waals surface area contributed by atoms with Crippen LogP contribution < -0.4 is 9.47 Å². The van der Waals surface area contributed by atoms with E-state index in [1.54, 1.807) is 43.8 Å². The minimum Gasteiger partial charge on any atom is -0.454 e. The largest absolute Gasteiger partial charge is 0.454 e. The highest BCUT2D eigenvalue weighted by molar-refractivity contribution is 7.89. The highest BCUT2D eigenvalue weighted by Gasteiger charge is 2.36. The van der Waals surface area contributed by atoms with Crippen molar-refractivity contribution >= 4 is 15.8 Å². The summed E-state index contributed by atoms with van der Waals surface area (Å²) in [5.41, 5.74) is 1.59. The number of carbonyl (C=O) groups excluding carboxylic acids is 1. The molecule has 0 bridgehead atoms. The van der Waals surface area contributed by atoms with Crippen molar-refractivity contribution in [1.29, 1.82) is 0 Å². The van der Waals surface area contributed by atoms with Crippen LogP contribution >= 0.6 is 0 Å². The van der Waals surface area contributed by atoms with Crippen LogP contribution in [0, 0.1) is 19.8 Å². The van der Waals surface area contributed by atoms with Crippen LogP contribution in [0.3, 0.4) is 0 Å². The van der Waals surface area contributed by atoms with Gasteiger partial charge in [0.1, 0.15) is 4.90 Å². The van der Waals surface area contributed by atoms with Crippen LogP contribution in [0.4, 0.5) is 0 Å². The Kier molecular flexibility index (Phi) is 4.67. The van der Waals surface area contributed by atoms with Gasteiger partial charge in [-0.05, 0) is 44.9 Å². The summed E-state index contributed by atoms with van der Waals surface area (Å²) >= 11 is 0. The first kappa shape index (κ1) is 18.9. The number of ketones is 1. The predicted molar refractivity (Wildman–Crippen MR) is 101 cm³/mol. The molecule has 1 unspecified atom stereocenters. The van der Waals surface area contributed by atoms with Crippen molar-refractivity contribution in [2.24, 2.45) is 13.0 Å². The van der Waals surface area contributed by atoms with Crippen molar-refractivity contribution in [3.8, 4) is 11.5 Å². The van der Waals surface area contributed by atoms with Crippen LogP contribution in [0.5, 0.6) is 11.5 Å². The van der Waals surface area contributed by atoms with Gasteiger partial charge in [-0.1, -0.05) is 0 Å². The Bertz CT molecular complexity index is 1040. The molecule has 0 amide bonds. The van der Waals surface area contributed by atoms with Crippen molar-refractivity contribution in [1.82, 2.24) is 14.1 Å². The smallest absolute Gasteiger partial charge is 0.246 e. The lowest BCUT2D eigenvalue weighted by Crippen LogP contribution is -2.42. The molecule has 9 heteroatoms. The van der Waals surface area contributed by atoms with E-state index in [1.807, 2.05) is 0 Å². The Morgan fingerprint density at radius 1 is 1.21 bits per heavy atom. The van der Waals surface area contributed by atoms with Crippen molar-refractivity contribution in [2.45, 2.75) is 31.6 Å². The van der Waals surface area contributed by atoms with Gasteiger partial charge in [-0.2, -0.15) is 9.40 Å². The third-order valence-corrected chi connectivity index (χ3v) is 7.57. The van der Waals surface area contributed by atoms with Gasteiger partial charge in [0, 0.05) is 31.6 Å². The molecule has 0 N–H and O–H groups in total. The molecule has 28 heavy (non-hydrogen) atoms. The Morgan fingerprint density at radius 2 is 1.96 bits per heavy atom. The highest BCUT2D eigenvalue weighted by Crippen LogP contribution is 2.34.